The van der Waals surface area contributed by atoms with Gasteiger partial charge in [0, 0.05) is 21.6 Å². The maximum Gasteiger partial charge on any atom is 0.0497 e. The van der Waals surface area contributed by atoms with Crippen LogP contribution in [0.25, 0.3) is 0 Å². The van der Waals surface area contributed by atoms with E-state index in [0.717, 1.165) is 16.7 Å². The van der Waals surface area contributed by atoms with Gasteiger partial charge in [-0.3, -0.25) is 0 Å². The highest BCUT2D eigenvalue weighted by atomic mass is 79.9. The molecule has 0 spiro atoms. The molecule has 0 bridgehead atoms. The number of thiophene rings is 1. The summed E-state index contributed by atoms with van der Waals surface area (Å²) in [5, 5.41) is 5.60. The first kappa shape index (κ1) is 11.7. The van der Waals surface area contributed by atoms with Crippen molar-refractivity contribution in [1.29, 1.82) is 0 Å². The molecule has 0 unspecified atom stereocenters. The molecule has 0 aliphatic rings. The average molecular weight is 296 g/mol. The summed E-state index contributed by atoms with van der Waals surface area (Å²) in [4.78, 5) is 1.40. The standard InChI is InChI=1S/C13H14BrNS/c1-9-6-7-16-12(9)8-15-11-5-3-4-10(2)13(11)14/h3-7,15H,8H2,1-2H3. The largest absolute Gasteiger partial charge is 0.379 e. The van der Waals surface area contributed by atoms with Crippen molar-refractivity contribution in [3.05, 3.63) is 50.1 Å². The predicted molar refractivity (Wildman–Crippen MR) is 75.3 cm³/mol. The van der Waals surface area contributed by atoms with Gasteiger partial charge in [-0.25, -0.2) is 0 Å². The normalized spacial score (nSPS) is 10.4. The Kier molecular flexibility index (Phi) is 3.66. The molecule has 0 fully saturated rings. The number of benzene rings is 1. The van der Waals surface area contributed by atoms with Crippen molar-refractivity contribution in [2.75, 3.05) is 5.32 Å². The molecule has 1 aromatic carbocycles. The van der Waals surface area contributed by atoms with Gasteiger partial charge in [0.15, 0.2) is 0 Å². The van der Waals surface area contributed by atoms with Gasteiger partial charge in [0.1, 0.15) is 0 Å². The van der Waals surface area contributed by atoms with Crippen LogP contribution in [0.15, 0.2) is 34.1 Å². The lowest BCUT2D eigenvalue weighted by Gasteiger charge is -2.09. The number of hydrogen-bond acceptors (Lipinski definition) is 2. The smallest absolute Gasteiger partial charge is 0.0497 e. The van der Waals surface area contributed by atoms with Crippen molar-refractivity contribution in [3.8, 4) is 0 Å². The molecule has 0 atom stereocenters. The quantitative estimate of drug-likeness (QED) is 0.862. The Labute approximate surface area is 109 Å². The fraction of sp³-hybridized carbons (Fsp3) is 0.231. The molecule has 0 amide bonds. The van der Waals surface area contributed by atoms with Crippen LogP contribution >= 0.6 is 27.3 Å². The molecule has 1 heterocycles. The molecule has 16 heavy (non-hydrogen) atoms. The van der Waals surface area contributed by atoms with Crippen molar-refractivity contribution < 1.29 is 0 Å². The lowest BCUT2D eigenvalue weighted by atomic mass is 10.2. The molecular formula is C13H14BrNS. The maximum atomic E-state index is 3.60. The highest BCUT2D eigenvalue weighted by molar-refractivity contribution is 9.10. The predicted octanol–water partition coefficient (Wildman–Crippen LogP) is 4.74. The SMILES string of the molecule is Cc1ccsc1CNc1cccc(C)c1Br. The zero-order valence-corrected chi connectivity index (χ0v) is 11.8. The topological polar surface area (TPSA) is 12.0 Å². The number of aryl methyl sites for hydroxylation is 2. The highest BCUT2D eigenvalue weighted by Gasteiger charge is 2.03. The first-order chi connectivity index (χ1) is 7.68. The third kappa shape index (κ3) is 2.47. The molecule has 0 radical (unpaired) electrons. The van der Waals surface area contributed by atoms with Gasteiger partial charge < -0.3 is 5.32 Å². The second-order valence-corrected chi connectivity index (χ2v) is 5.61. The third-order valence-corrected chi connectivity index (χ3v) is 4.67. The summed E-state index contributed by atoms with van der Waals surface area (Å²) < 4.78 is 1.16. The average Bonchev–Trinajstić information content (AvgIpc) is 2.67. The third-order valence-electron chi connectivity index (χ3n) is 2.60. The number of nitrogens with one attached hydrogen (secondary N) is 1. The van der Waals surface area contributed by atoms with Crippen LogP contribution in [0.5, 0.6) is 0 Å². The Balaban J connectivity index is 2.11. The lowest BCUT2D eigenvalue weighted by molar-refractivity contribution is 1.16. The Morgan fingerprint density at radius 1 is 1.19 bits per heavy atom. The molecule has 0 saturated carbocycles. The fourth-order valence-corrected chi connectivity index (χ4v) is 2.80. The van der Waals surface area contributed by atoms with Crippen LogP contribution in [0.2, 0.25) is 0 Å². The maximum absolute atomic E-state index is 3.60. The van der Waals surface area contributed by atoms with E-state index in [4.69, 9.17) is 0 Å². The van der Waals surface area contributed by atoms with E-state index in [1.165, 1.54) is 16.0 Å². The summed E-state index contributed by atoms with van der Waals surface area (Å²) in [7, 11) is 0. The highest BCUT2D eigenvalue weighted by Crippen LogP contribution is 2.27. The van der Waals surface area contributed by atoms with Crippen molar-refractivity contribution in [3.63, 3.8) is 0 Å². The minimum Gasteiger partial charge on any atom is -0.379 e. The van der Waals surface area contributed by atoms with E-state index in [0.29, 0.717) is 0 Å². The van der Waals surface area contributed by atoms with E-state index < -0.39 is 0 Å². The van der Waals surface area contributed by atoms with Crippen LogP contribution in [0, 0.1) is 13.8 Å². The van der Waals surface area contributed by atoms with E-state index >= 15 is 0 Å². The molecule has 2 aromatic rings. The molecular weight excluding hydrogens is 282 g/mol. The zero-order valence-electron chi connectivity index (χ0n) is 9.38. The van der Waals surface area contributed by atoms with E-state index in [1.807, 2.05) is 0 Å². The molecule has 1 N–H and O–H groups in total. The second kappa shape index (κ2) is 5.02. The van der Waals surface area contributed by atoms with Gasteiger partial charge in [-0.05, 0) is 58.4 Å². The van der Waals surface area contributed by atoms with Crippen molar-refractivity contribution in [2.24, 2.45) is 0 Å². The van der Waals surface area contributed by atoms with Crippen molar-refractivity contribution in [2.45, 2.75) is 20.4 Å². The zero-order chi connectivity index (χ0) is 11.5. The Hall–Kier alpha value is -0.800. The van der Waals surface area contributed by atoms with Crippen molar-refractivity contribution >= 4 is 33.0 Å². The number of hydrogen-bond donors (Lipinski definition) is 1. The van der Waals surface area contributed by atoms with Crippen LogP contribution in [-0.4, -0.2) is 0 Å². The van der Waals surface area contributed by atoms with Gasteiger partial charge in [-0.2, -0.15) is 0 Å². The summed E-state index contributed by atoms with van der Waals surface area (Å²) >= 11 is 5.40. The van der Waals surface area contributed by atoms with E-state index in [9.17, 15) is 0 Å². The van der Waals surface area contributed by atoms with E-state index in [-0.39, 0.29) is 0 Å². The Morgan fingerprint density at radius 2 is 2.00 bits per heavy atom. The number of halogens is 1. The van der Waals surface area contributed by atoms with Gasteiger partial charge in [-0.1, -0.05) is 12.1 Å². The van der Waals surface area contributed by atoms with E-state index in [2.05, 4.69) is 64.7 Å². The van der Waals surface area contributed by atoms with Crippen LogP contribution in [0.1, 0.15) is 16.0 Å². The molecule has 1 aromatic heterocycles. The summed E-state index contributed by atoms with van der Waals surface area (Å²) in [6, 6.07) is 8.43. The first-order valence-corrected chi connectivity index (χ1v) is 6.87. The van der Waals surface area contributed by atoms with Crippen LogP contribution in [0.3, 0.4) is 0 Å². The molecule has 0 saturated heterocycles. The van der Waals surface area contributed by atoms with Gasteiger partial charge in [-0.15, -0.1) is 11.3 Å². The molecule has 2 rings (SSSR count). The Bertz CT molecular complexity index is 490. The fourth-order valence-electron chi connectivity index (χ4n) is 1.54. The molecule has 84 valence electrons. The monoisotopic (exact) mass is 295 g/mol. The van der Waals surface area contributed by atoms with Gasteiger partial charge in [0.05, 0.1) is 0 Å². The first-order valence-electron chi connectivity index (χ1n) is 5.20. The molecule has 3 heteroatoms. The van der Waals surface area contributed by atoms with E-state index in [1.54, 1.807) is 11.3 Å². The summed E-state index contributed by atoms with van der Waals surface area (Å²) in [6.07, 6.45) is 0. The van der Waals surface area contributed by atoms with Gasteiger partial charge in [0.2, 0.25) is 0 Å². The number of anilines is 1. The van der Waals surface area contributed by atoms with Crippen LogP contribution < -0.4 is 5.32 Å². The minimum absolute atomic E-state index is 0.894. The molecule has 0 aliphatic heterocycles. The van der Waals surface area contributed by atoms with Crippen molar-refractivity contribution in [1.82, 2.24) is 0 Å². The minimum atomic E-state index is 0.894. The summed E-state index contributed by atoms with van der Waals surface area (Å²) in [6.45, 7) is 5.15. The second-order valence-electron chi connectivity index (χ2n) is 3.82. The molecule has 1 nitrogen and oxygen atoms in total. The van der Waals surface area contributed by atoms with Gasteiger partial charge >= 0.3 is 0 Å². The Morgan fingerprint density at radius 3 is 2.69 bits per heavy atom. The van der Waals surface area contributed by atoms with Crippen LogP contribution in [-0.2, 0) is 6.54 Å². The lowest BCUT2D eigenvalue weighted by Crippen LogP contribution is -1.99. The molecule has 0 aliphatic carbocycles. The number of rotatable bonds is 3. The van der Waals surface area contributed by atoms with Crippen LogP contribution in [0.4, 0.5) is 5.69 Å². The van der Waals surface area contributed by atoms with Gasteiger partial charge in [0.25, 0.3) is 0 Å². The summed E-state index contributed by atoms with van der Waals surface area (Å²) in [5.74, 6) is 0. The summed E-state index contributed by atoms with van der Waals surface area (Å²) in [5.41, 5.74) is 3.78.